The zero-order chi connectivity index (χ0) is 14.5. The summed E-state index contributed by atoms with van der Waals surface area (Å²) in [6.07, 6.45) is 3.46. The van der Waals surface area contributed by atoms with E-state index >= 15 is 0 Å². The van der Waals surface area contributed by atoms with Crippen LogP contribution >= 0.6 is 0 Å². The smallest absolute Gasteiger partial charge is 0.319 e. The largest absolute Gasteiger partial charge is 0.347 e. The van der Waals surface area contributed by atoms with Gasteiger partial charge in [-0.15, -0.1) is 0 Å². The SMILES string of the molecule is CN(C)C(=O)CNC(=O)Nc1ccc2cnccc2c1. The molecule has 0 saturated heterocycles. The predicted octanol–water partition coefficient (Wildman–Crippen LogP) is 1.44. The van der Waals surface area contributed by atoms with Crippen molar-refractivity contribution in [3.05, 3.63) is 36.7 Å². The molecule has 0 fully saturated rings. The number of carbonyl (C=O) groups is 2. The van der Waals surface area contributed by atoms with Crippen molar-refractivity contribution in [1.29, 1.82) is 0 Å². The first kappa shape index (κ1) is 13.8. The fourth-order valence-electron chi connectivity index (χ4n) is 1.65. The van der Waals surface area contributed by atoms with Crippen LogP contribution in [-0.2, 0) is 4.79 Å². The Hall–Kier alpha value is -2.63. The number of hydrogen-bond donors (Lipinski definition) is 2. The summed E-state index contributed by atoms with van der Waals surface area (Å²) in [4.78, 5) is 28.5. The van der Waals surface area contributed by atoms with E-state index in [-0.39, 0.29) is 12.5 Å². The van der Waals surface area contributed by atoms with Crippen LogP contribution in [0.5, 0.6) is 0 Å². The van der Waals surface area contributed by atoms with Gasteiger partial charge in [0.2, 0.25) is 5.91 Å². The standard InChI is InChI=1S/C14H16N4O2/c1-18(2)13(19)9-16-14(20)17-12-4-3-11-8-15-6-5-10(11)7-12/h3-8H,9H2,1-2H3,(H2,16,17,20). The first-order valence-electron chi connectivity index (χ1n) is 6.15. The normalized spacial score (nSPS) is 10.1. The number of hydrogen-bond acceptors (Lipinski definition) is 3. The number of aromatic nitrogens is 1. The number of likely N-dealkylation sites (N-methyl/N-ethyl adjacent to an activating group) is 1. The van der Waals surface area contributed by atoms with Gasteiger partial charge in [0.25, 0.3) is 0 Å². The quantitative estimate of drug-likeness (QED) is 0.888. The van der Waals surface area contributed by atoms with Crippen LogP contribution < -0.4 is 10.6 Å². The van der Waals surface area contributed by atoms with E-state index in [1.54, 1.807) is 32.6 Å². The van der Waals surface area contributed by atoms with Crippen molar-refractivity contribution in [2.45, 2.75) is 0 Å². The van der Waals surface area contributed by atoms with Gasteiger partial charge in [0.15, 0.2) is 0 Å². The Morgan fingerprint density at radius 2 is 2.00 bits per heavy atom. The number of amides is 3. The van der Waals surface area contributed by atoms with Crippen LogP contribution in [0.1, 0.15) is 0 Å². The highest BCUT2D eigenvalue weighted by Crippen LogP contribution is 2.17. The molecular formula is C14H16N4O2. The number of pyridine rings is 1. The van der Waals surface area contributed by atoms with Crippen LogP contribution in [0.4, 0.5) is 10.5 Å². The van der Waals surface area contributed by atoms with Gasteiger partial charge in [0.1, 0.15) is 0 Å². The van der Waals surface area contributed by atoms with Crippen LogP contribution in [0, 0.1) is 0 Å². The van der Waals surface area contributed by atoms with Crippen LogP contribution in [-0.4, -0.2) is 42.5 Å². The number of nitrogens with one attached hydrogen (secondary N) is 2. The summed E-state index contributed by atoms with van der Waals surface area (Å²) in [6, 6.07) is 6.98. The maximum absolute atomic E-state index is 11.7. The number of urea groups is 1. The second-order valence-corrected chi connectivity index (χ2v) is 4.53. The van der Waals surface area contributed by atoms with E-state index in [4.69, 9.17) is 0 Å². The van der Waals surface area contributed by atoms with Gasteiger partial charge >= 0.3 is 6.03 Å². The third-order valence-corrected chi connectivity index (χ3v) is 2.80. The Bertz CT molecular complexity index is 640. The molecule has 1 heterocycles. The third-order valence-electron chi connectivity index (χ3n) is 2.80. The van der Waals surface area contributed by atoms with Gasteiger partial charge in [0, 0.05) is 37.6 Å². The van der Waals surface area contributed by atoms with E-state index in [0.717, 1.165) is 10.8 Å². The van der Waals surface area contributed by atoms with Gasteiger partial charge in [0.05, 0.1) is 6.54 Å². The number of benzene rings is 1. The Labute approximate surface area is 116 Å². The molecule has 0 saturated carbocycles. The molecule has 0 unspecified atom stereocenters. The van der Waals surface area contributed by atoms with Crippen LogP contribution in [0.3, 0.4) is 0 Å². The molecule has 1 aromatic heterocycles. The maximum atomic E-state index is 11.7. The molecule has 0 aliphatic heterocycles. The first-order chi connectivity index (χ1) is 9.56. The van der Waals surface area contributed by atoms with Gasteiger partial charge in [-0.2, -0.15) is 0 Å². The number of nitrogens with zero attached hydrogens (tertiary/aromatic N) is 2. The number of fused-ring (bicyclic) bond motifs is 1. The maximum Gasteiger partial charge on any atom is 0.319 e. The number of carbonyl (C=O) groups excluding carboxylic acids is 2. The summed E-state index contributed by atoms with van der Waals surface area (Å²) >= 11 is 0. The van der Waals surface area contributed by atoms with Gasteiger partial charge in [-0.3, -0.25) is 9.78 Å². The average molecular weight is 272 g/mol. The summed E-state index contributed by atoms with van der Waals surface area (Å²) < 4.78 is 0. The van der Waals surface area contributed by atoms with Crippen molar-refractivity contribution in [3.63, 3.8) is 0 Å². The molecule has 104 valence electrons. The highest BCUT2D eigenvalue weighted by molar-refractivity contribution is 5.94. The lowest BCUT2D eigenvalue weighted by Crippen LogP contribution is -2.38. The van der Waals surface area contributed by atoms with Gasteiger partial charge in [-0.1, -0.05) is 6.07 Å². The summed E-state index contributed by atoms with van der Waals surface area (Å²) in [5.41, 5.74) is 0.665. The Balaban J connectivity index is 1.97. The Morgan fingerprint density at radius 3 is 2.75 bits per heavy atom. The topological polar surface area (TPSA) is 74.3 Å². The number of rotatable bonds is 3. The molecule has 1 aromatic carbocycles. The second kappa shape index (κ2) is 6.01. The summed E-state index contributed by atoms with van der Waals surface area (Å²) in [7, 11) is 3.28. The average Bonchev–Trinajstić information content (AvgIpc) is 2.44. The van der Waals surface area contributed by atoms with Crippen molar-refractivity contribution >= 4 is 28.4 Å². The number of anilines is 1. The highest BCUT2D eigenvalue weighted by Gasteiger charge is 2.07. The molecular weight excluding hydrogens is 256 g/mol. The van der Waals surface area contributed by atoms with E-state index in [0.29, 0.717) is 5.69 Å². The molecule has 0 bridgehead atoms. The molecule has 2 aromatic rings. The molecule has 2 N–H and O–H groups in total. The van der Waals surface area contributed by atoms with E-state index in [1.165, 1.54) is 4.90 Å². The van der Waals surface area contributed by atoms with Crippen LogP contribution in [0.2, 0.25) is 0 Å². The minimum atomic E-state index is -0.409. The Kier molecular flexibility index (Phi) is 4.14. The summed E-state index contributed by atoms with van der Waals surface area (Å²) in [5, 5.41) is 7.18. The first-order valence-corrected chi connectivity index (χ1v) is 6.15. The monoisotopic (exact) mass is 272 g/mol. The molecule has 20 heavy (non-hydrogen) atoms. The molecule has 6 heteroatoms. The summed E-state index contributed by atoms with van der Waals surface area (Å²) in [6.45, 7) is -0.0314. The lowest BCUT2D eigenvalue weighted by molar-refractivity contribution is -0.127. The van der Waals surface area contributed by atoms with Gasteiger partial charge < -0.3 is 15.5 Å². The molecule has 2 rings (SSSR count). The third kappa shape index (κ3) is 3.44. The fraction of sp³-hybridized carbons (Fsp3) is 0.214. The second-order valence-electron chi connectivity index (χ2n) is 4.53. The van der Waals surface area contributed by atoms with Crippen molar-refractivity contribution in [2.24, 2.45) is 0 Å². The fourth-order valence-corrected chi connectivity index (χ4v) is 1.65. The molecule has 0 spiro atoms. The van der Waals surface area contributed by atoms with E-state index in [9.17, 15) is 9.59 Å². The van der Waals surface area contributed by atoms with Crippen LogP contribution in [0.15, 0.2) is 36.7 Å². The zero-order valence-electron chi connectivity index (χ0n) is 11.4. The van der Waals surface area contributed by atoms with Gasteiger partial charge in [-0.25, -0.2) is 4.79 Å². The van der Waals surface area contributed by atoms with Crippen molar-refractivity contribution in [1.82, 2.24) is 15.2 Å². The molecule has 0 aliphatic rings. The minimum Gasteiger partial charge on any atom is -0.347 e. The Morgan fingerprint density at radius 1 is 1.20 bits per heavy atom. The van der Waals surface area contributed by atoms with E-state index in [2.05, 4.69) is 15.6 Å². The highest BCUT2D eigenvalue weighted by atomic mass is 16.2. The predicted molar refractivity (Wildman–Crippen MR) is 77.5 cm³/mol. The molecule has 3 amide bonds. The van der Waals surface area contributed by atoms with Crippen molar-refractivity contribution in [2.75, 3.05) is 26.0 Å². The summed E-state index contributed by atoms with van der Waals surface area (Å²) in [5.74, 6) is -0.162. The minimum absolute atomic E-state index is 0.0314. The van der Waals surface area contributed by atoms with Crippen LogP contribution in [0.25, 0.3) is 10.8 Å². The zero-order valence-corrected chi connectivity index (χ0v) is 11.4. The van der Waals surface area contributed by atoms with E-state index in [1.807, 2.05) is 18.2 Å². The molecule has 0 atom stereocenters. The lowest BCUT2D eigenvalue weighted by atomic mass is 10.1. The van der Waals surface area contributed by atoms with Gasteiger partial charge in [-0.05, 0) is 23.6 Å². The van der Waals surface area contributed by atoms with Crippen molar-refractivity contribution in [3.8, 4) is 0 Å². The molecule has 0 aliphatic carbocycles. The molecule has 6 nitrogen and oxygen atoms in total. The lowest BCUT2D eigenvalue weighted by Gasteiger charge is -2.11. The van der Waals surface area contributed by atoms with E-state index < -0.39 is 6.03 Å². The van der Waals surface area contributed by atoms with Crippen molar-refractivity contribution < 1.29 is 9.59 Å². The molecule has 0 radical (unpaired) electrons.